The summed E-state index contributed by atoms with van der Waals surface area (Å²) >= 11 is 0. The highest BCUT2D eigenvalue weighted by Gasteiger charge is 2.17. The number of methoxy groups -OCH3 is 1. The van der Waals surface area contributed by atoms with Gasteiger partial charge < -0.3 is 9.64 Å². The molecule has 0 aliphatic carbocycles. The normalized spacial score (nSPS) is 14.4. The van der Waals surface area contributed by atoms with E-state index in [1.54, 1.807) is 19.4 Å². The Balaban J connectivity index is 1.69. The maximum absolute atomic E-state index is 12.5. The summed E-state index contributed by atoms with van der Waals surface area (Å²) in [6.45, 7) is 3.95. The summed E-state index contributed by atoms with van der Waals surface area (Å²) in [5, 5.41) is 3.16. The maximum Gasteiger partial charge on any atom is 0.271 e. The van der Waals surface area contributed by atoms with Gasteiger partial charge in [-0.15, -0.1) is 0 Å². The highest BCUT2D eigenvalue weighted by molar-refractivity contribution is 5.62. The molecule has 2 aromatic heterocycles. The monoisotopic (exact) mass is 365 g/mol. The van der Waals surface area contributed by atoms with Gasteiger partial charge in [-0.1, -0.05) is 12.1 Å². The number of benzene rings is 1. The van der Waals surface area contributed by atoms with Crippen LogP contribution in [-0.4, -0.2) is 39.9 Å². The minimum atomic E-state index is -0.158. The smallest absolute Gasteiger partial charge is 0.271 e. The van der Waals surface area contributed by atoms with Gasteiger partial charge in [-0.2, -0.15) is 0 Å². The highest BCUT2D eigenvalue weighted by atomic mass is 16.5. The van der Waals surface area contributed by atoms with Crippen molar-refractivity contribution in [3.8, 4) is 22.7 Å². The fraction of sp³-hybridized carbons (Fsp3) is 0.350. The summed E-state index contributed by atoms with van der Waals surface area (Å²) in [6.07, 6.45) is 5.42. The highest BCUT2D eigenvalue weighted by Crippen LogP contribution is 2.24. The van der Waals surface area contributed by atoms with Crippen molar-refractivity contribution in [2.45, 2.75) is 26.2 Å². The molecule has 7 nitrogen and oxygen atoms in total. The third-order valence-electron chi connectivity index (χ3n) is 4.94. The van der Waals surface area contributed by atoms with E-state index in [2.05, 4.69) is 20.0 Å². The molecule has 7 heteroatoms. The van der Waals surface area contributed by atoms with Crippen LogP contribution in [0, 0.1) is 6.92 Å². The van der Waals surface area contributed by atoms with Crippen LogP contribution in [0.2, 0.25) is 0 Å². The average molecular weight is 365 g/mol. The quantitative estimate of drug-likeness (QED) is 0.769. The zero-order valence-corrected chi connectivity index (χ0v) is 15.6. The van der Waals surface area contributed by atoms with E-state index in [1.807, 2.05) is 31.2 Å². The topological polar surface area (TPSA) is 76.0 Å². The molecule has 27 heavy (non-hydrogen) atoms. The third-order valence-corrected chi connectivity index (χ3v) is 4.94. The van der Waals surface area contributed by atoms with Gasteiger partial charge in [-0.05, 0) is 38.3 Å². The molecule has 3 heterocycles. The van der Waals surface area contributed by atoms with Gasteiger partial charge >= 0.3 is 0 Å². The van der Waals surface area contributed by atoms with Crippen LogP contribution in [0.4, 0.5) is 5.95 Å². The van der Waals surface area contributed by atoms with Gasteiger partial charge in [-0.3, -0.25) is 9.89 Å². The molecule has 0 bridgehead atoms. The second-order valence-corrected chi connectivity index (χ2v) is 6.73. The van der Waals surface area contributed by atoms with E-state index in [-0.39, 0.29) is 5.56 Å². The van der Waals surface area contributed by atoms with Crippen molar-refractivity contribution in [1.29, 1.82) is 0 Å². The zero-order valence-electron chi connectivity index (χ0n) is 15.6. The molecule has 140 valence electrons. The number of aromatic amines is 1. The number of aromatic nitrogens is 4. The van der Waals surface area contributed by atoms with Gasteiger partial charge in [0.25, 0.3) is 5.56 Å². The Kier molecular flexibility index (Phi) is 4.66. The summed E-state index contributed by atoms with van der Waals surface area (Å²) in [6, 6.07) is 8.97. The molecular weight excluding hydrogens is 342 g/mol. The Morgan fingerprint density at radius 1 is 1.15 bits per heavy atom. The van der Waals surface area contributed by atoms with Crippen LogP contribution >= 0.6 is 0 Å². The number of H-pyrrole nitrogens is 1. The molecule has 0 atom stereocenters. The van der Waals surface area contributed by atoms with Crippen molar-refractivity contribution >= 4 is 5.95 Å². The molecule has 1 aromatic carbocycles. The molecule has 1 saturated heterocycles. The summed E-state index contributed by atoms with van der Waals surface area (Å²) in [5.41, 5.74) is 2.86. The number of nitrogens with zero attached hydrogens (tertiary/aromatic N) is 4. The lowest BCUT2D eigenvalue weighted by molar-refractivity contribution is 0.411. The first-order chi connectivity index (χ1) is 13.2. The van der Waals surface area contributed by atoms with E-state index >= 15 is 0 Å². The van der Waals surface area contributed by atoms with E-state index < -0.39 is 0 Å². The van der Waals surface area contributed by atoms with E-state index in [4.69, 9.17) is 4.74 Å². The Morgan fingerprint density at radius 3 is 2.67 bits per heavy atom. The van der Waals surface area contributed by atoms with E-state index in [0.29, 0.717) is 17.1 Å². The van der Waals surface area contributed by atoms with Crippen LogP contribution in [0.25, 0.3) is 16.9 Å². The van der Waals surface area contributed by atoms with E-state index in [9.17, 15) is 4.79 Å². The fourth-order valence-electron chi connectivity index (χ4n) is 3.49. The number of rotatable bonds is 4. The predicted octanol–water partition coefficient (Wildman–Crippen LogP) is 2.93. The van der Waals surface area contributed by atoms with Gasteiger partial charge in [0.15, 0.2) is 0 Å². The minimum absolute atomic E-state index is 0.158. The largest absolute Gasteiger partial charge is 0.494 e. The Bertz CT molecular complexity index is 1000. The molecule has 0 amide bonds. The number of ether oxygens (including phenoxy) is 1. The molecule has 1 aliphatic rings. The van der Waals surface area contributed by atoms with E-state index in [0.717, 1.165) is 30.3 Å². The summed E-state index contributed by atoms with van der Waals surface area (Å²) in [5.74, 6) is 1.39. The first-order valence-corrected chi connectivity index (χ1v) is 9.22. The summed E-state index contributed by atoms with van der Waals surface area (Å²) < 4.78 is 6.84. The predicted molar refractivity (Wildman–Crippen MR) is 105 cm³/mol. The molecule has 0 unspecified atom stereocenters. The molecule has 1 N–H and O–H groups in total. The number of para-hydroxylation sites is 2. The second kappa shape index (κ2) is 7.26. The molecule has 0 spiro atoms. The summed E-state index contributed by atoms with van der Waals surface area (Å²) in [7, 11) is 1.59. The molecule has 0 radical (unpaired) electrons. The molecule has 1 aliphatic heterocycles. The van der Waals surface area contributed by atoms with Crippen LogP contribution in [0.1, 0.15) is 25.0 Å². The van der Waals surface area contributed by atoms with Gasteiger partial charge in [0.05, 0.1) is 18.5 Å². The Labute approximate surface area is 157 Å². The molecule has 3 aromatic rings. The van der Waals surface area contributed by atoms with Crippen LogP contribution in [-0.2, 0) is 0 Å². The average Bonchev–Trinajstić information content (AvgIpc) is 3.09. The van der Waals surface area contributed by atoms with Crippen molar-refractivity contribution in [2.75, 3.05) is 25.1 Å². The molecule has 4 rings (SSSR count). The Morgan fingerprint density at radius 2 is 1.93 bits per heavy atom. The third kappa shape index (κ3) is 3.32. The maximum atomic E-state index is 12.5. The van der Waals surface area contributed by atoms with Gasteiger partial charge in [0, 0.05) is 30.9 Å². The molecule has 1 fully saturated rings. The lowest BCUT2D eigenvalue weighted by atomic mass is 10.1. The van der Waals surface area contributed by atoms with Gasteiger partial charge in [0.1, 0.15) is 11.4 Å². The summed E-state index contributed by atoms with van der Waals surface area (Å²) in [4.78, 5) is 24.0. The number of piperidine rings is 1. The van der Waals surface area contributed by atoms with Crippen LogP contribution in [0.15, 0.2) is 41.3 Å². The number of aryl methyl sites for hydroxylation is 1. The molecule has 0 saturated carbocycles. The van der Waals surface area contributed by atoms with Crippen LogP contribution in [0.5, 0.6) is 5.75 Å². The van der Waals surface area contributed by atoms with E-state index in [1.165, 1.54) is 23.9 Å². The standard InChI is InChI=1S/C20H23N5O2/c1-14-15(13-21-20(22-14)24-10-6-3-7-11-24)16-12-19(26)25(23-16)17-8-4-5-9-18(17)27-2/h4-5,8-9,12-13,23H,3,6-7,10-11H2,1-2H3. The Hall–Kier alpha value is -3.09. The number of hydrogen-bond acceptors (Lipinski definition) is 5. The second-order valence-electron chi connectivity index (χ2n) is 6.73. The van der Waals surface area contributed by atoms with Gasteiger partial charge in [0.2, 0.25) is 5.95 Å². The lowest BCUT2D eigenvalue weighted by Crippen LogP contribution is -2.31. The van der Waals surface area contributed by atoms with Crippen LogP contribution in [0.3, 0.4) is 0 Å². The number of anilines is 1. The van der Waals surface area contributed by atoms with Crippen molar-refractivity contribution in [2.24, 2.45) is 0 Å². The van der Waals surface area contributed by atoms with Crippen molar-refractivity contribution in [3.05, 3.63) is 52.6 Å². The van der Waals surface area contributed by atoms with Crippen LogP contribution < -0.4 is 15.2 Å². The number of hydrogen-bond donors (Lipinski definition) is 1. The SMILES string of the molecule is COc1ccccc1-n1[nH]c(-c2cnc(N3CCCCC3)nc2C)cc1=O. The first-order valence-electron chi connectivity index (χ1n) is 9.22. The van der Waals surface area contributed by atoms with Crippen molar-refractivity contribution < 1.29 is 4.74 Å². The lowest BCUT2D eigenvalue weighted by Gasteiger charge is -2.26. The minimum Gasteiger partial charge on any atom is -0.494 e. The first kappa shape index (κ1) is 17.3. The van der Waals surface area contributed by atoms with Crippen molar-refractivity contribution in [1.82, 2.24) is 19.7 Å². The van der Waals surface area contributed by atoms with Crippen molar-refractivity contribution in [3.63, 3.8) is 0 Å². The molecular formula is C20H23N5O2. The number of nitrogens with one attached hydrogen (secondary N) is 1. The fourth-order valence-corrected chi connectivity index (χ4v) is 3.49. The zero-order chi connectivity index (χ0) is 18.8. The van der Waals surface area contributed by atoms with Gasteiger partial charge in [-0.25, -0.2) is 14.6 Å².